The molecule has 2 atom stereocenters. The van der Waals surface area contributed by atoms with Gasteiger partial charge in [0.1, 0.15) is 6.61 Å². The fraction of sp³-hybridized carbons (Fsp3) is 0.667. The first-order valence-electron chi connectivity index (χ1n) is 3.78. The number of cyclic esters (lactones) is 2. The molecular formula is C6H7O8P. The van der Waals surface area contributed by atoms with Crippen molar-refractivity contribution in [1.82, 2.24) is 0 Å². The second-order valence-corrected chi connectivity index (χ2v) is 3.93. The molecule has 0 radical (unpaired) electrons. The van der Waals surface area contributed by atoms with E-state index in [2.05, 4.69) is 9.47 Å². The maximum absolute atomic E-state index is 11.1. The van der Waals surface area contributed by atoms with Crippen molar-refractivity contribution in [3.05, 3.63) is 0 Å². The summed E-state index contributed by atoms with van der Waals surface area (Å²) in [5.41, 5.74) is 0. The van der Waals surface area contributed by atoms with Gasteiger partial charge in [0.05, 0.1) is 6.61 Å². The van der Waals surface area contributed by atoms with Gasteiger partial charge < -0.3 is 19.7 Å². The van der Waals surface area contributed by atoms with Crippen molar-refractivity contribution in [3.63, 3.8) is 0 Å². The largest absolute Gasteiger partial charge is 0.444 e. The van der Waals surface area contributed by atoms with Gasteiger partial charge in [0.15, 0.2) is 0 Å². The van der Waals surface area contributed by atoms with Crippen LogP contribution in [0, 0.1) is 0 Å². The number of rotatable bonds is 3. The van der Waals surface area contributed by atoms with Crippen LogP contribution < -0.4 is 0 Å². The summed E-state index contributed by atoms with van der Waals surface area (Å²) in [6.07, 6.45) is -1.55. The molecule has 1 heterocycles. The Labute approximate surface area is 83.6 Å². The van der Waals surface area contributed by atoms with Crippen LogP contribution >= 0.6 is 7.68 Å². The fourth-order valence-electron chi connectivity index (χ4n) is 0.921. The van der Waals surface area contributed by atoms with Crippen molar-refractivity contribution in [2.24, 2.45) is 0 Å². The lowest BCUT2D eigenvalue weighted by atomic mass is 10.3. The van der Waals surface area contributed by atoms with Gasteiger partial charge in [-0.1, -0.05) is 0 Å². The second kappa shape index (κ2) is 4.09. The molecule has 0 amide bonds. The number of aliphatic hydroxyl groups is 2. The number of carbonyl (C=O) groups is 2. The molecule has 15 heavy (non-hydrogen) atoms. The Morgan fingerprint density at radius 2 is 1.93 bits per heavy atom. The van der Waals surface area contributed by atoms with Gasteiger partial charge in [0.2, 0.25) is 6.10 Å². The predicted molar refractivity (Wildman–Crippen MR) is 41.2 cm³/mol. The zero-order chi connectivity index (χ0) is 11.6. The van der Waals surface area contributed by atoms with Crippen LogP contribution in [0.4, 0.5) is 0 Å². The molecule has 0 saturated carbocycles. The van der Waals surface area contributed by atoms with Crippen molar-refractivity contribution in [2.75, 3.05) is 13.2 Å². The van der Waals surface area contributed by atoms with E-state index in [-0.39, 0.29) is 0 Å². The highest BCUT2D eigenvalue weighted by Crippen LogP contribution is 2.35. The summed E-state index contributed by atoms with van der Waals surface area (Å²) in [6.45, 7) is -2.05. The number of aliphatic hydroxyl groups excluding tert-OH is 2. The van der Waals surface area contributed by atoms with Gasteiger partial charge in [-0.2, -0.15) is 0 Å². The zero-order valence-electron chi connectivity index (χ0n) is 7.28. The lowest BCUT2D eigenvalue weighted by Crippen LogP contribution is -2.54. The summed E-state index contributed by atoms with van der Waals surface area (Å²) < 4.78 is 30.0. The molecule has 1 rings (SSSR count). The van der Waals surface area contributed by atoms with E-state index >= 15 is 0 Å². The summed E-state index contributed by atoms with van der Waals surface area (Å²) in [4.78, 5) is 22.2. The first-order valence-corrected chi connectivity index (χ1v) is 4.96. The van der Waals surface area contributed by atoms with Crippen molar-refractivity contribution in [2.45, 2.75) is 11.4 Å². The van der Waals surface area contributed by atoms with Gasteiger partial charge in [0.25, 0.3) is 0 Å². The van der Waals surface area contributed by atoms with Crippen LogP contribution in [0.25, 0.3) is 0 Å². The summed E-state index contributed by atoms with van der Waals surface area (Å²) in [7, 11) is -3.54. The smallest absolute Gasteiger partial charge is 0.375 e. The highest BCUT2D eigenvalue weighted by atomic mass is 31.1. The molecule has 1 aliphatic heterocycles. The summed E-state index contributed by atoms with van der Waals surface area (Å²) in [6, 6.07) is 0. The predicted octanol–water partition coefficient (Wildman–Crippen LogP) is -1.69. The van der Waals surface area contributed by atoms with Gasteiger partial charge in [-0.25, -0.2) is 18.7 Å². The number of carbonyl (C=O) groups excluding carboxylic acids is 2. The Balaban J connectivity index is 3.05. The number of hydrogen-bond donors (Lipinski definition) is 2. The summed E-state index contributed by atoms with van der Waals surface area (Å²) in [5, 5.41) is 14.6. The Morgan fingerprint density at radius 1 is 1.33 bits per heavy atom. The Bertz CT molecular complexity index is 352. The summed E-state index contributed by atoms with van der Waals surface area (Å²) in [5.74, 6) is -2.63. The van der Waals surface area contributed by atoms with Crippen LogP contribution in [0.1, 0.15) is 0 Å². The minimum atomic E-state index is -3.54. The molecule has 0 aromatic heterocycles. The minimum absolute atomic E-state index is 0.818. The summed E-state index contributed by atoms with van der Waals surface area (Å²) >= 11 is 0. The average molecular weight is 238 g/mol. The fourth-order valence-corrected chi connectivity index (χ4v) is 1.40. The number of hydrogen-bond acceptors (Lipinski definition) is 8. The van der Waals surface area contributed by atoms with Crippen molar-refractivity contribution in [1.29, 1.82) is 0 Å². The molecule has 2 N–H and O–H groups in total. The first-order chi connectivity index (χ1) is 6.97. The van der Waals surface area contributed by atoms with Crippen molar-refractivity contribution >= 4 is 19.6 Å². The molecule has 8 nitrogen and oxygen atoms in total. The van der Waals surface area contributed by atoms with Crippen LogP contribution in [0.2, 0.25) is 0 Å². The van der Waals surface area contributed by atoms with Crippen molar-refractivity contribution < 1.29 is 38.4 Å². The van der Waals surface area contributed by atoms with Crippen LogP contribution in [0.15, 0.2) is 0 Å². The van der Waals surface area contributed by atoms with E-state index in [9.17, 15) is 18.7 Å². The molecule has 0 spiro atoms. The molecule has 1 fully saturated rings. The Hall–Kier alpha value is -1.24. The Morgan fingerprint density at radius 3 is 2.33 bits per heavy atom. The quantitative estimate of drug-likeness (QED) is 0.440. The van der Waals surface area contributed by atoms with E-state index in [1.54, 1.807) is 0 Å². The van der Waals surface area contributed by atoms with Gasteiger partial charge in [-0.05, 0) is 0 Å². The second-order valence-electron chi connectivity index (χ2n) is 2.70. The molecule has 1 aliphatic rings. The number of ether oxygens (including phenoxy) is 2. The lowest BCUT2D eigenvalue weighted by molar-refractivity contribution is -0.206. The maximum atomic E-state index is 11.1. The highest BCUT2D eigenvalue weighted by Gasteiger charge is 2.56. The molecule has 0 bridgehead atoms. The minimum Gasteiger partial charge on any atom is -0.444 e. The molecule has 2 unspecified atom stereocenters. The first kappa shape index (κ1) is 11.8. The molecule has 0 aromatic carbocycles. The van der Waals surface area contributed by atoms with Crippen LogP contribution in [-0.2, 0) is 28.2 Å². The van der Waals surface area contributed by atoms with Gasteiger partial charge in [0, 0.05) is 0 Å². The van der Waals surface area contributed by atoms with Crippen LogP contribution in [0.5, 0.6) is 0 Å². The van der Waals surface area contributed by atoms with E-state index in [0.29, 0.717) is 0 Å². The normalized spacial score (nSPS) is 30.7. The van der Waals surface area contributed by atoms with E-state index in [1.165, 1.54) is 0 Å². The van der Waals surface area contributed by atoms with Crippen molar-refractivity contribution in [3.8, 4) is 0 Å². The SMILES string of the molecule is O=C1OC(CO)(P(=O)=O)C(=O)OC1CO. The number of esters is 2. The van der Waals surface area contributed by atoms with E-state index in [4.69, 9.17) is 10.2 Å². The van der Waals surface area contributed by atoms with Crippen LogP contribution in [0.3, 0.4) is 0 Å². The third-order valence-electron chi connectivity index (χ3n) is 1.78. The van der Waals surface area contributed by atoms with Gasteiger partial charge in [-0.15, -0.1) is 0 Å². The molecule has 1 saturated heterocycles. The third kappa shape index (κ3) is 1.79. The maximum Gasteiger partial charge on any atom is 0.375 e. The van der Waals surface area contributed by atoms with Gasteiger partial charge in [-0.3, -0.25) is 0 Å². The van der Waals surface area contributed by atoms with E-state index in [0.717, 1.165) is 0 Å². The topological polar surface area (TPSA) is 127 Å². The standard InChI is InChI=1S/C6H7O8P/c7-1-3-4(9)14-6(2-8,15(11)12)5(10)13-3/h3,7-8H,1-2H2. The molecule has 0 aliphatic carbocycles. The molecule has 9 heteroatoms. The lowest BCUT2D eigenvalue weighted by Gasteiger charge is -2.30. The van der Waals surface area contributed by atoms with Crippen LogP contribution in [-0.4, -0.2) is 46.8 Å². The Kier molecular flexibility index (Phi) is 3.23. The monoisotopic (exact) mass is 238 g/mol. The molecule has 0 aromatic rings. The third-order valence-corrected chi connectivity index (χ3v) is 2.78. The van der Waals surface area contributed by atoms with Gasteiger partial charge >= 0.3 is 25.0 Å². The molecular weight excluding hydrogens is 231 g/mol. The zero-order valence-corrected chi connectivity index (χ0v) is 8.18. The average Bonchev–Trinajstić information content (AvgIpc) is 2.20. The highest BCUT2D eigenvalue weighted by molar-refractivity contribution is 7.34. The van der Waals surface area contributed by atoms with E-state index in [1.807, 2.05) is 0 Å². The molecule has 84 valence electrons. The van der Waals surface area contributed by atoms with E-state index < -0.39 is 44.3 Å².